The van der Waals surface area contributed by atoms with Crippen LogP contribution in [0.4, 0.5) is 13.2 Å². The summed E-state index contributed by atoms with van der Waals surface area (Å²) in [5, 5.41) is 0. The Hall–Kier alpha value is -0.300. The summed E-state index contributed by atoms with van der Waals surface area (Å²) in [4.78, 5) is 0. The van der Waals surface area contributed by atoms with Gasteiger partial charge in [-0.2, -0.15) is 21.6 Å². The van der Waals surface area contributed by atoms with Crippen molar-refractivity contribution in [2.75, 3.05) is 0 Å². The number of hydrogen-bond acceptors (Lipinski definition) is 3. The maximum absolute atomic E-state index is 12.4. The standard InChI is InChI=1S/C11H17F3O3S/c12-11(13,14)18(15,16)17-9-5-1-2-6-10(9)7-3-4-8-10/h9H,1-8H2. The van der Waals surface area contributed by atoms with Crippen molar-refractivity contribution in [2.24, 2.45) is 5.41 Å². The van der Waals surface area contributed by atoms with E-state index in [2.05, 4.69) is 4.18 Å². The van der Waals surface area contributed by atoms with Gasteiger partial charge in [0, 0.05) is 0 Å². The van der Waals surface area contributed by atoms with Gasteiger partial charge in [-0.15, -0.1) is 0 Å². The fourth-order valence-corrected chi connectivity index (χ4v) is 4.00. The molecule has 0 amide bonds. The molecule has 7 heteroatoms. The molecule has 0 aliphatic heterocycles. The lowest BCUT2D eigenvalue weighted by atomic mass is 9.71. The Balaban J connectivity index is 2.16. The summed E-state index contributed by atoms with van der Waals surface area (Å²) in [6, 6.07) is 0. The third-order valence-corrected chi connectivity index (χ3v) is 5.25. The Labute approximate surface area is 105 Å². The maximum Gasteiger partial charge on any atom is 0.523 e. The molecular weight excluding hydrogens is 269 g/mol. The normalized spacial score (nSPS) is 28.7. The van der Waals surface area contributed by atoms with E-state index >= 15 is 0 Å². The quantitative estimate of drug-likeness (QED) is 0.577. The lowest BCUT2D eigenvalue weighted by Gasteiger charge is -2.40. The van der Waals surface area contributed by atoms with Gasteiger partial charge in [-0.1, -0.05) is 25.7 Å². The lowest BCUT2D eigenvalue weighted by Crippen LogP contribution is -2.42. The molecule has 3 nitrogen and oxygen atoms in total. The summed E-state index contributed by atoms with van der Waals surface area (Å²) in [5.41, 5.74) is -5.65. The fraction of sp³-hybridized carbons (Fsp3) is 1.00. The zero-order valence-corrected chi connectivity index (χ0v) is 10.8. The molecule has 2 rings (SSSR count). The van der Waals surface area contributed by atoms with Crippen LogP contribution in [0.25, 0.3) is 0 Å². The van der Waals surface area contributed by atoms with Crippen LogP contribution in [0.1, 0.15) is 51.4 Å². The van der Waals surface area contributed by atoms with Crippen LogP contribution in [0.2, 0.25) is 0 Å². The van der Waals surface area contributed by atoms with E-state index in [1.54, 1.807) is 0 Å². The molecule has 0 bridgehead atoms. The van der Waals surface area contributed by atoms with Gasteiger partial charge < -0.3 is 0 Å². The van der Waals surface area contributed by atoms with E-state index in [9.17, 15) is 21.6 Å². The highest BCUT2D eigenvalue weighted by molar-refractivity contribution is 7.87. The van der Waals surface area contributed by atoms with Crippen LogP contribution >= 0.6 is 0 Å². The molecule has 1 unspecified atom stereocenters. The highest BCUT2D eigenvalue weighted by Crippen LogP contribution is 2.51. The molecule has 106 valence electrons. The Morgan fingerprint density at radius 2 is 1.50 bits per heavy atom. The molecular formula is C11H17F3O3S. The maximum atomic E-state index is 12.4. The molecule has 2 aliphatic carbocycles. The molecule has 18 heavy (non-hydrogen) atoms. The van der Waals surface area contributed by atoms with Gasteiger partial charge in [-0.3, -0.25) is 4.18 Å². The average Bonchev–Trinajstić information content (AvgIpc) is 2.69. The van der Waals surface area contributed by atoms with Crippen molar-refractivity contribution in [2.45, 2.75) is 63.0 Å². The van der Waals surface area contributed by atoms with E-state index in [1.807, 2.05) is 0 Å². The molecule has 0 aromatic rings. The lowest BCUT2D eigenvalue weighted by molar-refractivity contribution is -0.0686. The molecule has 2 saturated carbocycles. The molecule has 0 N–H and O–H groups in total. The minimum Gasteiger partial charge on any atom is -0.259 e. The molecule has 1 spiro atoms. The van der Waals surface area contributed by atoms with E-state index in [0.29, 0.717) is 6.42 Å². The van der Waals surface area contributed by atoms with Crippen molar-refractivity contribution in [1.29, 1.82) is 0 Å². The molecule has 0 aromatic carbocycles. The zero-order chi connectivity index (χ0) is 13.4. The SMILES string of the molecule is O=S(=O)(OC1CCCCC12CCCC2)C(F)(F)F. The van der Waals surface area contributed by atoms with Crippen LogP contribution in [0.5, 0.6) is 0 Å². The van der Waals surface area contributed by atoms with Gasteiger partial charge in [0.2, 0.25) is 0 Å². The Kier molecular flexibility index (Phi) is 3.66. The number of alkyl halides is 3. The first-order chi connectivity index (χ1) is 8.27. The topological polar surface area (TPSA) is 43.4 Å². The molecule has 0 saturated heterocycles. The third-order valence-electron chi connectivity index (χ3n) is 4.20. The number of rotatable bonds is 2. The first-order valence-electron chi connectivity index (χ1n) is 6.26. The van der Waals surface area contributed by atoms with Crippen molar-refractivity contribution in [3.05, 3.63) is 0 Å². The second-order valence-corrected chi connectivity index (χ2v) is 6.86. The Morgan fingerprint density at radius 3 is 2.00 bits per heavy atom. The first-order valence-corrected chi connectivity index (χ1v) is 7.67. The minimum absolute atomic E-state index is 0.337. The number of hydrogen-bond donors (Lipinski definition) is 0. The smallest absolute Gasteiger partial charge is 0.259 e. The van der Waals surface area contributed by atoms with Crippen LogP contribution in [-0.2, 0) is 14.3 Å². The second kappa shape index (κ2) is 4.67. The monoisotopic (exact) mass is 286 g/mol. The Morgan fingerprint density at radius 1 is 1.00 bits per heavy atom. The van der Waals surface area contributed by atoms with E-state index in [4.69, 9.17) is 0 Å². The largest absolute Gasteiger partial charge is 0.523 e. The van der Waals surface area contributed by atoms with E-state index in [0.717, 1.165) is 44.9 Å². The van der Waals surface area contributed by atoms with Gasteiger partial charge >= 0.3 is 15.6 Å². The summed E-state index contributed by atoms with van der Waals surface area (Å²) in [6.07, 6.45) is 5.56. The van der Waals surface area contributed by atoms with Gasteiger partial charge in [-0.05, 0) is 31.1 Å². The highest BCUT2D eigenvalue weighted by Gasteiger charge is 2.52. The predicted molar refractivity (Wildman–Crippen MR) is 59.2 cm³/mol. The van der Waals surface area contributed by atoms with E-state index < -0.39 is 21.7 Å². The Bertz CT molecular complexity index is 396. The van der Waals surface area contributed by atoms with Gasteiger partial charge in [0.25, 0.3) is 0 Å². The molecule has 2 aliphatic rings. The summed E-state index contributed by atoms with van der Waals surface area (Å²) >= 11 is 0. The summed E-state index contributed by atoms with van der Waals surface area (Å²) < 4.78 is 63.8. The van der Waals surface area contributed by atoms with Crippen LogP contribution in [0.15, 0.2) is 0 Å². The van der Waals surface area contributed by atoms with Gasteiger partial charge in [0.05, 0.1) is 6.10 Å². The van der Waals surface area contributed by atoms with Crippen molar-refractivity contribution in [1.82, 2.24) is 0 Å². The van der Waals surface area contributed by atoms with Crippen LogP contribution in [0, 0.1) is 5.41 Å². The summed E-state index contributed by atoms with van der Waals surface area (Å²) in [6.45, 7) is 0. The van der Waals surface area contributed by atoms with E-state index in [-0.39, 0.29) is 5.41 Å². The summed E-state index contributed by atoms with van der Waals surface area (Å²) in [5.74, 6) is 0. The van der Waals surface area contributed by atoms with Crippen molar-refractivity contribution in [3.63, 3.8) is 0 Å². The van der Waals surface area contributed by atoms with Crippen LogP contribution < -0.4 is 0 Å². The third kappa shape index (κ3) is 2.52. The summed E-state index contributed by atoms with van der Waals surface area (Å²) in [7, 11) is -5.46. The van der Waals surface area contributed by atoms with Crippen LogP contribution in [0.3, 0.4) is 0 Å². The zero-order valence-electron chi connectivity index (χ0n) is 10.0. The fourth-order valence-electron chi connectivity index (χ4n) is 3.28. The molecule has 0 radical (unpaired) electrons. The van der Waals surface area contributed by atoms with Crippen molar-refractivity contribution < 1.29 is 25.8 Å². The van der Waals surface area contributed by atoms with Gasteiger partial charge in [-0.25, -0.2) is 0 Å². The molecule has 1 atom stereocenters. The van der Waals surface area contributed by atoms with Gasteiger partial charge in [0.1, 0.15) is 0 Å². The van der Waals surface area contributed by atoms with Crippen molar-refractivity contribution in [3.8, 4) is 0 Å². The minimum atomic E-state index is -5.46. The van der Waals surface area contributed by atoms with Crippen LogP contribution in [-0.4, -0.2) is 20.0 Å². The molecule has 0 heterocycles. The highest BCUT2D eigenvalue weighted by atomic mass is 32.2. The number of halogens is 3. The second-order valence-electron chi connectivity index (χ2n) is 5.30. The molecule has 0 aromatic heterocycles. The van der Waals surface area contributed by atoms with E-state index in [1.165, 1.54) is 0 Å². The predicted octanol–water partition coefficient (Wildman–Crippen LogP) is 3.36. The average molecular weight is 286 g/mol. The first kappa shape index (κ1) is 14.1. The van der Waals surface area contributed by atoms with Gasteiger partial charge in [0.15, 0.2) is 0 Å². The molecule has 2 fully saturated rings. The van der Waals surface area contributed by atoms with Crippen molar-refractivity contribution >= 4 is 10.1 Å².